The number of benzene rings is 1. The summed E-state index contributed by atoms with van der Waals surface area (Å²) in [6.07, 6.45) is 0. The van der Waals surface area contributed by atoms with Crippen molar-refractivity contribution < 1.29 is 19.7 Å². The Morgan fingerprint density at radius 1 is 1.26 bits per heavy atom. The zero-order valence-electron chi connectivity index (χ0n) is 11.1. The highest BCUT2D eigenvalue weighted by Gasteiger charge is 2.16. The Morgan fingerprint density at radius 3 is 2.47 bits per heavy atom. The summed E-state index contributed by atoms with van der Waals surface area (Å²) < 4.78 is 5.19. The van der Waals surface area contributed by atoms with E-state index in [2.05, 4.69) is 5.32 Å². The van der Waals surface area contributed by atoms with Crippen molar-refractivity contribution in [2.24, 2.45) is 5.92 Å². The summed E-state index contributed by atoms with van der Waals surface area (Å²) in [5.74, 6) is -0.629. The number of hydrogen-bond donors (Lipinski definition) is 3. The number of esters is 1. The molecule has 1 aromatic carbocycles. The van der Waals surface area contributed by atoms with Gasteiger partial charge in [-0.15, -0.1) is 0 Å². The summed E-state index contributed by atoms with van der Waals surface area (Å²) in [6, 6.07) is 9.07. The molecule has 106 valence electrons. The lowest BCUT2D eigenvalue weighted by molar-refractivity contribution is -0.149. The maximum atomic E-state index is 11.7. The Hall–Kier alpha value is -1.43. The van der Waals surface area contributed by atoms with Crippen LogP contribution in [0, 0.1) is 5.92 Å². The first-order valence-electron chi connectivity index (χ1n) is 6.33. The smallest absolute Gasteiger partial charge is 0.310 e. The van der Waals surface area contributed by atoms with E-state index in [1.807, 2.05) is 30.3 Å². The van der Waals surface area contributed by atoms with E-state index in [0.717, 1.165) is 5.56 Å². The van der Waals surface area contributed by atoms with Crippen LogP contribution in [0.1, 0.15) is 12.5 Å². The van der Waals surface area contributed by atoms with Crippen molar-refractivity contribution in [1.82, 2.24) is 5.32 Å². The van der Waals surface area contributed by atoms with E-state index in [1.165, 1.54) is 0 Å². The molecule has 0 fully saturated rings. The topological polar surface area (TPSA) is 78.8 Å². The molecule has 1 atom stereocenters. The molecule has 0 spiro atoms. The van der Waals surface area contributed by atoms with Gasteiger partial charge in [0.05, 0.1) is 25.2 Å². The van der Waals surface area contributed by atoms with Crippen LogP contribution >= 0.6 is 0 Å². The largest absolute Gasteiger partial charge is 0.461 e. The summed E-state index contributed by atoms with van der Waals surface area (Å²) >= 11 is 0. The van der Waals surface area contributed by atoms with Crippen LogP contribution in [0.5, 0.6) is 0 Å². The van der Waals surface area contributed by atoms with Crippen molar-refractivity contribution in [3.63, 3.8) is 0 Å². The molecule has 0 aromatic heterocycles. The minimum Gasteiger partial charge on any atom is -0.461 e. The van der Waals surface area contributed by atoms with Crippen LogP contribution in [0.25, 0.3) is 0 Å². The highest BCUT2D eigenvalue weighted by molar-refractivity contribution is 5.72. The lowest BCUT2D eigenvalue weighted by Crippen LogP contribution is -2.40. The number of ether oxygens (including phenoxy) is 1. The molecule has 0 saturated carbocycles. The van der Waals surface area contributed by atoms with Gasteiger partial charge in [-0.25, -0.2) is 0 Å². The number of nitrogens with one attached hydrogen (secondary N) is 1. The molecular formula is C14H21NO4. The van der Waals surface area contributed by atoms with Gasteiger partial charge in [0.2, 0.25) is 0 Å². The predicted octanol–water partition coefficient (Wildman–Crippen LogP) is 0.309. The molecule has 0 radical (unpaired) electrons. The van der Waals surface area contributed by atoms with Crippen molar-refractivity contribution in [3.05, 3.63) is 35.9 Å². The van der Waals surface area contributed by atoms with Crippen LogP contribution in [0.2, 0.25) is 0 Å². The Bertz CT molecular complexity index is 365. The number of hydrogen-bond acceptors (Lipinski definition) is 5. The first-order valence-corrected chi connectivity index (χ1v) is 6.33. The number of rotatable bonds is 8. The van der Waals surface area contributed by atoms with E-state index < -0.39 is 6.04 Å². The highest BCUT2D eigenvalue weighted by atomic mass is 16.5. The molecular weight excluding hydrogens is 246 g/mol. The zero-order chi connectivity index (χ0) is 14.1. The number of aliphatic hydroxyl groups is 2. The molecule has 0 aliphatic heterocycles. The molecule has 0 amide bonds. The second-order valence-electron chi connectivity index (χ2n) is 4.46. The number of carbonyl (C=O) groups excluding carboxylic acids is 1. The maximum absolute atomic E-state index is 11.7. The van der Waals surface area contributed by atoms with Crippen molar-refractivity contribution in [2.75, 3.05) is 19.8 Å². The summed E-state index contributed by atoms with van der Waals surface area (Å²) in [7, 11) is 0. The fraction of sp³-hybridized carbons (Fsp3) is 0.500. The standard InChI is InChI=1S/C14H21NO4/c1-11(7-15-13(8-16)9-17)14(18)19-10-12-5-3-2-4-6-12/h2-6,11,13,15-17H,7-10H2,1H3. The molecule has 0 bridgehead atoms. The third-order valence-corrected chi connectivity index (χ3v) is 2.78. The fourth-order valence-electron chi connectivity index (χ4n) is 1.48. The third kappa shape index (κ3) is 5.83. The minimum absolute atomic E-state index is 0.164. The van der Waals surface area contributed by atoms with Gasteiger partial charge >= 0.3 is 5.97 Å². The molecule has 0 aliphatic rings. The molecule has 0 saturated heterocycles. The van der Waals surface area contributed by atoms with Crippen LogP contribution in [0.3, 0.4) is 0 Å². The Morgan fingerprint density at radius 2 is 1.89 bits per heavy atom. The average molecular weight is 267 g/mol. The predicted molar refractivity (Wildman–Crippen MR) is 71.4 cm³/mol. The van der Waals surface area contributed by atoms with Gasteiger partial charge in [0.15, 0.2) is 0 Å². The second kappa shape index (κ2) is 8.63. The molecule has 1 rings (SSSR count). The zero-order valence-corrected chi connectivity index (χ0v) is 11.1. The summed E-state index contributed by atoms with van der Waals surface area (Å²) in [6.45, 7) is 2.03. The molecule has 0 heterocycles. The third-order valence-electron chi connectivity index (χ3n) is 2.78. The molecule has 0 aliphatic carbocycles. The quantitative estimate of drug-likeness (QED) is 0.591. The Balaban J connectivity index is 2.29. The average Bonchev–Trinajstić information content (AvgIpc) is 2.46. The summed E-state index contributed by atoms with van der Waals surface area (Å²) in [5, 5.41) is 20.7. The van der Waals surface area contributed by atoms with Gasteiger partial charge in [-0.05, 0) is 5.56 Å². The molecule has 5 heteroatoms. The van der Waals surface area contributed by atoms with Gasteiger partial charge in [0.1, 0.15) is 6.61 Å². The van der Waals surface area contributed by atoms with Crippen LogP contribution in [-0.4, -0.2) is 42.0 Å². The first kappa shape index (κ1) is 15.6. The summed E-state index contributed by atoms with van der Waals surface area (Å²) in [4.78, 5) is 11.7. The van der Waals surface area contributed by atoms with E-state index in [4.69, 9.17) is 14.9 Å². The van der Waals surface area contributed by atoms with E-state index in [0.29, 0.717) is 6.54 Å². The van der Waals surface area contributed by atoms with E-state index >= 15 is 0 Å². The fourth-order valence-corrected chi connectivity index (χ4v) is 1.48. The van der Waals surface area contributed by atoms with Crippen LogP contribution in [0.4, 0.5) is 0 Å². The summed E-state index contributed by atoms with van der Waals surface area (Å²) in [5.41, 5.74) is 0.944. The number of aliphatic hydroxyl groups excluding tert-OH is 2. The monoisotopic (exact) mass is 267 g/mol. The Labute approximate surface area is 113 Å². The van der Waals surface area contributed by atoms with Gasteiger partial charge in [-0.1, -0.05) is 37.3 Å². The lowest BCUT2D eigenvalue weighted by Gasteiger charge is -2.16. The van der Waals surface area contributed by atoms with E-state index in [1.54, 1.807) is 6.92 Å². The van der Waals surface area contributed by atoms with Gasteiger partial charge in [0, 0.05) is 6.54 Å². The molecule has 3 N–H and O–H groups in total. The van der Waals surface area contributed by atoms with Crippen LogP contribution < -0.4 is 5.32 Å². The molecule has 5 nitrogen and oxygen atoms in total. The molecule has 1 aromatic rings. The van der Waals surface area contributed by atoms with Gasteiger partial charge in [-0.2, -0.15) is 0 Å². The van der Waals surface area contributed by atoms with Gasteiger partial charge in [-0.3, -0.25) is 4.79 Å². The highest BCUT2D eigenvalue weighted by Crippen LogP contribution is 2.04. The van der Waals surface area contributed by atoms with Crippen molar-refractivity contribution in [3.8, 4) is 0 Å². The molecule has 19 heavy (non-hydrogen) atoms. The van der Waals surface area contributed by atoms with Crippen molar-refractivity contribution in [1.29, 1.82) is 0 Å². The Kier molecular flexibility index (Phi) is 7.10. The van der Waals surface area contributed by atoms with Gasteiger partial charge in [0.25, 0.3) is 0 Å². The first-order chi connectivity index (χ1) is 9.17. The maximum Gasteiger partial charge on any atom is 0.310 e. The van der Waals surface area contributed by atoms with Crippen LogP contribution in [0.15, 0.2) is 30.3 Å². The van der Waals surface area contributed by atoms with Crippen molar-refractivity contribution >= 4 is 5.97 Å². The lowest BCUT2D eigenvalue weighted by atomic mass is 10.1. The number of carbonyl (C=O) groups is 1. The minimum atomic E-state index is -0.399. The van der Waals surface area contributed by atoms with Crippen LogP contribution in [-0.2, 0) is 16.1 Å². The SMILES string of the molecule is CC(CNC(CO)CO)C(=O)OCc1ccccc1. The normalized spacial score (nSPS) is 12.4. The van der Waals surface area contributed by atoms with E-state index in [9.17, 15) is 4.79 Å². The second-order valence-corrected chi connectivity index (χ2v) is 4.46. The van der Waals surface area contributed by atoms with Crippen molar-refractivity contribution in [2.45, 2.75) is 19.6 Å². The van der Waals surface area contributed by atoms with E-state index in [-0.39, 0.29) is 31.7 Å². The van der Waals surface area contributed by atoms with Gasteiger partial charge < -0.3 is 20.3 Å². The molecule has 1 unspecified atom stereocenters.